The Kier molecular flexibility index (Phi) is 5.60. The van der Waals surface area contributed by atoms with E-state index >= 15 is 0 Å². The number of hydrogen-bond acceptors (Lipinski definition) is 3. The highest BCUT2D eigenvalue weighted by Gasteiger charge is 2.14. The van der Waals surface area contributed by atoms with Crippen LogP contribution in [0.2, 0.25) is 5.02 Å². The maximum atomic E-state index is 12.7. The first-order valence-corrected chi connectivity index (χ1v) is 10.4. The summed E-state index contributed by atoms with van der Waals surface area (Å²) in [5.41, 5.74) is 5.78. The molecule has 0 fully saturated rings. The summed E-state index contributed by atoms with van der Waals surface area (Å²) in [6, 6.07) is 19.0. The van der Waals surface area contributed by atoms with Crippen molar-refractivity contribution in [2.45, 2.75) is 33.1 Å². The van der Waals surface area contributed by atoms with Gasteiger partial charge < -0.3 is 9.73 Å². The third-order valence-electron chi connectivity index (χ3n) is 5.16. The summed E-state index contributed by atoms with van der Waals surface area (Å²) < 4.78 is 5.91. The van der Waals surface area contributed by atoms with Crippen LogP contribution in [0.3, 0.4) is 0 Å². The number of nitrogens with zero attached hydrogens (tertiary/aromatic N) is 1. The molecule has 0 saturated carbocycles. The van der Waals surface area contributed by atoms with Crippen LogP contribution in [0.15, 0.2) is 65.1 Å². The van der Waals surface area contributed by atoms with Gasteiger partial charge in [-0.2, -0.15) is 0 Å². The predicted octanol–water partition coefficient (Wildman–Crippen LogP) is 7.09. The Balaban J connectivity index is 1.61. The van der Waals surface area contributed by atoms with Gasteiger partial charge in [-0.1, -0.05) is 50.6 Å². The van der Waals surface area contributed by atoms with E-state index in [-0.39, 0.29) is 5.91 Å². The molecule has 0 saturated heterocycles. The first-order chi connectivity index (χ1) is 14.4. The Labute approximate surface area is 180 Å². The molecule has 0 spiro atoms. The smallest absolute Gasteiger partial charge is 0.255 e. The quantitative estimate of drug-likeness (QED) is 0.376. The second kappa shape index (κ2) is 8.33. The van der Waals surface area contributed by atoms with Gasteiger partial charge in [-0.05, 0) is 65.9 Å². The fraction of sp³-hybridized carbons (Fsp3) is 0.200. The molecule has 0 bridgehead atoms. The highest BCUT2D eigenvalue weighted by atomic mass is 35.5. The van der Waals surface area contributed by atoms with Gasteiger partial charge in [0.15, 0.2) is 5.58 Å². The van der Waals surface area contributed by atoms with Crippen molar-refractivity contribution in [3.8, 4) is 11.5 Å². The predicted molar refractivity (Wildman–Crippen MR) is 122 cm³/mol. The Morgan fingerprint density at radius 2 is 1.83 bits per heavy atom. The van der Waals surface area contributed by atoms with E-state index in [4.69, 9.17) is 16.0 Å². The van der Waals surface area contributed by atoms with E-state index in [0.29, 0.717) is 28.1 Å². The van der Waals surface area contributed by atoms with Crippen LogP contribution in [0.5, 0.6) is 0 Å². The zero-order chi connectivity index (χ0) is 21.3. The number of oxazole rings is 1. The van der Waals surface area contributed by atoms with Crippen molar-refractivity contribution in [2.75, 3.05) is 5.32 Å². The second-order valence-corrected chi connectivity index (χ2v) is 8.01. The summed E-state index contributed by atoms with van der Waals surface area (Å²) in [6.45, 7) is 6.34. The SMILES string of the molecule is CCc1ccc2oc(-c3ccc(Cl)c(NC(=O)c4ccc(C(C)C)cc4)c3)nc2c1. The lowest BCUT2D eigenvalue weighted by molar-refractivity contribution is 0.102. The van der Waals surface area contributed by atoms with Gasteiger partial charge in [-0.15, -0.1) is 0 Å². The lowest BCUT2D eigenvalue weighted by Gasteiger charge is -2.10. The van der Waals surface area contributed by atoms with E-state index in [9.17, 15) is 4.79 Å². The monoisotopic (exact) mass is 418 g/mol. The molecule has 1 amide bonds. The Bertz CT molecular complexity index is 1210. The zero-order valence-corrected chi connectivity index (χ0v) is 18.0. The van der Waals surface area contributed by atoms with Gasteiger partial charge in [0.1, 0.15) is 5.52 Å². The number of amides is 1. The van der Waals surface area contributed by atoms with E-state index in [0.717, 1.165) is 23.1 Å². The summed E-state index contributed by atoms with van der Waals surface area (Å²) in [5, 5.41) is 3.35. The number of carbonyl (C=O) groups is 1. The van der Waals surface area contributed by atoms with Crippen molar-refractivity contribution < 1.29 is 9.21 Å². The first-order valence-electron chi connectivity index (χ1n) is 10.1. The van der Waals surface area contributed by atoms with Gasteiger partial charge in [0.05, 0.1) is 10.7 Å². The van der Waals surface area contributed by atoms with E-state index < -0.39 is 0 Å². The largest absolute Gasteiger partial charge is 0.436 e. The third kappa shape index (κ3) is 4.10. The number of anilines is 1. The standard InChI is InChI=1S/C25H23ClN2O2/c1-4-16-5-12-23-22(13-16)28-25(30-23)19-10-11-20(26)21(14-19)27-24(29)18-8-6-17(7-9-18)15(2)3/h5-15H,4H2,1-3H3,(H,27,29). The molecule has 0 aliphatic carbocycles. The van der Waals surface area contributed by atoms with E-state index in [2.05, 4.69) is 31.1 Å². The van der Waals surface area contributed by atoms with Crippen LogP contribution < -0.4 is 5.32 Å². The van der Waals surface area contributed by atoms with Crippen LogP contribution in [0.4, 0.5) is 5.69 Å². The minimum Gasteiger partial charge on any atom is -0.436 e. The zero-order valence-electron chi connectivity index (χ0n) is 17.2. The second-order valence-electron chi connectivity index (χ2n) is 7.60. The lowest BCUT2D eigenvalue weighted by Crippen LogP contribution is -2.12. The maximum absolute atomic E-state index is 12.7. The van der Waals surface area contributed by atoms with Crippen molar-refractivity contribution in [2.24, 2.45) is 0 Å². The number of nitrogens with one attached hydrogen (secondary N) is 1. The Morgan fingerprint density at radius 3 is 2.53 bits per heavy atom. The maximum Gasteiger partial charge on any atom is 0.255 e. The highest BCUT2D eigenvalue weighted by molar-refractivity contribution is 6.34. The Morgan fingerprint density at radius 1 is 1.07 bits per heavy atom. The molecule has 0 unspecified atom stereocenters. The van der Waals surface area contributed by atoms with Gasteiger partial charge >= 0.3 is 0 Å². The number of halogens is 1. The molecule has 4 rings (SSSR count). The van der Waals surface area contributed by atoms with Crippen LogP contribution in [0.1, 0.15) is 48.2 Å². The molecule has 152 valence electrons. The number of aryl methyl sites for hydroxylation is 1. The number of aromatic nitrogens is 1. The van der Waals surface area contributed by atoms with Crippen LogP contribution in [-0.2, 0) is 6.42 Å². The van der Waals surface area contributed by atoms with E-state index in [1.54, 1.807) is 12.1 Å². The highest BCUT2D eigenvalue weighted by Crippen LogP contribution is 2.31. The van der Waals surface area contributed by atoms with Gasteiger partial charge in [-0.3, -0.25) is 4.79 Å². The summed E-state index contributed by atoms with van der Waals surface area (Å²) >= 11 is 6.33. The number of rotatable bonds is 5. The number of fused-ring (bicyclic) bond motifs is 1. The number of carbonyl (C=O) groups excluding carboxylic acids is 1. The molecule has 0 aliphatic rings. The summed E-state index contributed by atoms with van der Waals surface area (Å²) in [7, 11) is 0. The van der Waals surface area contributed by atoms with Crippen molar-refractivity contribution >= 4 is 34.3 Å². The molecule has 1 aromatic heterocycles. The molecule has 4 aromatic rings. The van der Waals surface area contributed by atoms with Crippen molar-refractivity contribution in [3.63, 3.8) is 0 Å². The molecular formula is C25H23ClN2O2. The van der Waals surface area contributed by atoms with Gasteiger partial charge in [0.2, 0.25) is 5.89 Å². The van der Waals surface area contributed by atoms with E-state index in [1.807, 2.05) is 48.5 Å². The molecule has 0 aliphatic heterocycles. The van der Waals surface area contributed by atoms with Crippen LogP contribution >= 0.6 is 11.6 Å². The van der Waals surface area contributed by atoms with Crippen molar-refractivity contribution in [1.82, 2.24) is 4.98 Å². The summed E-state index contributed by atoms with van der Waals surface area (Å²) in [4.78, 5) is 17.3. The summed E-state index contributed by atoms with van der Waals surface area (Å²) in [5.74, 6) is 0.694. The van der Waals surface area contributed by atoms with E-state index in [1.165, 1.54) is 11.1 Å². The first kappa shape index (κ1) is 20.2. The number of hydrogen-bond donors (Lipinski definition) is 1. The molecule has 3 aromatic carbocycles. The fourth-order valence-corrected chi connectivity index (χ4v) is 3.45. The lowest BCUT2D eigenvalue weighted by atomic mass is 10.0. The van der Waals surface area contributed by atoms with Crippen LogP contribution in [0, 0.1) is 0 Å². The van der Waals surface area contributed by atoms with Gasteiger partial charge in [0, 0.05) is 11.1 Å². The number of benzene rings is 3. The van der Waals surface area contributed by atoms with Gasteiger partial charge in [-0.25, -0.2) is 4.98 Å². The topological polar surface area (TPSA) is 55.1 Å². The molecule has 1 heterocycles. The molecule has 0 radical (unpaired) electrons. The normalized spacial score (nSPS) is 11.2. The van der Waals surface area contributed by atoms with Crippen LogP contribution in [0.25, 0.3) is 22.6 Å². The minimum atomic E-state index is -0.213. The van der Waals surface area contributed by atoms with Crippen molar-refractivity contribution in [1.29, 1.82) is 0 Å². The molecular weight excluding hydrogens is 396 g/mol. The third-order valence-corrected chi connectivity index (χ3v) is 5.49. The van der Waals surface area contributed by atoms with Crippen molar-refractivity contribution in [3.05, 3.63) is 82.4 Å². The van der Waals surface area contributed by atoms with Crippen LogP contribution in [-0.4, -0.2) is 10.9 Å². The summed E-state index contributed by atoms with van der Waals surface area (Å²) in [6.07, 6.45) is 0.938. The molecule has 1 N–H and O–H groups in total. The minimum absolute atomic E-state index is 0.213. The average Bonchev–Trinajstić information content (AvgIpc) is 3.18. The average molecular weight is 419 g/mol. The molecule has 5 heteroatoms. The Hall–Kier alpha value is -3.11. The molecule has 4 nitrogen and oxygen atoms in total. The fourth-order valence-electron chi connectivity index (χ4n) is 3.28. The molecule has 0 atom stereocenters. The molecule has 30 heavy (non-hydrogen) atoms. The van der Waals surface area contributed by atoms with Gasteiger partial charge in [0.25, 0.3) is 5.91 Å².